The molecule has 1 aliphatic heterocycles. The highest BCUT2D eigenvalue weighted by Gasteiger charge is 2.31. The van der Waals surface area contributed by atoms with E-state index in [0.29, 0.717) is 11.3 Å². The number of anilines is 1. The molecule has 0 radical (unpaired) electrons. The molecule has 1 heterocycles. The monoisotopic (exact) mass is 429 g/mol. The number of sulfonamides is 1. The van der Waals surface area contributed by atoms with Crippen molar-refractivity contribution in [2.24, 2.45) is 4.99 Å². The fourth-order valence-electron chi connectivity index (χ4n) is 3.03. The molecule has 0 spiro atoms. The van der Waals surface area contributed by atoms with Crippen molar-refractivity contribution < 1.29 is 22.7 Å². The van der Waals surface area contributed by atoms with E-state index >= 15 is 0 Å². The summed E-state index contributed by atoms with van der Waals surface area (Å²) in [4.78, 5) is 28.7. The van der Waals surface area contributed by atoms with Crippen molar-refractivity contribution in [1.29, 1.82) is 0 Å². The maximum Gasteiger partial charge on any atom is 0.331 e. The van der Waals surface area contributed by atoms with Crippen LogP contribution in [0.2, 0.25) is 0 Å². The first-order valence-corrected chi connectivity index (χ1v) is 10.9. The fourth-order valence-corrected chi connectivity index (χ4v) is 4.27. The predicted octanol–water partition coefficient (Wildman–Crippen LogP) is 2.42. The molecule has 0 bridgehead atoms. The van der Waals surface area contributed by atoms with Gasteiger partial charge in [0.1, 0.15) is 11.9 Å². The van der Waals surface area contributed by atoms with Crippen molar-refractivity contribution in [3.63, 3.8) is 0 Å². The number of fused-ring (bicyclic) bond motifs is 1. The maximum atomic E-state index is 12.2. The smallest absolute Gasteiger partial charge is 0.331 e. The number of esters is 1. The third kappa shape index (κ3) is 4.68. The van der Waals surface area contributed by atoms with Crippen molar-refractivity contribution >= 4 is 33.4 Å². The van der Waals surface area contributed by atoms with Crippen LogP contribution in [-0.4, -0.2) is 38.8 Å². The Morgan fingerprint density at radius 1 is 1.07 bits per heavy atom. The second-order valence-corrected chi connectivity index (χ2v) is 8.80. The van der Waals surface area contributed by atoms with E-state index < -0.39 is 34.5 Å². The molecular weight excluding hydrogens is 406 g/mol. The van der Waals surface area contributed by atoms with Crippen molar-refractivity contribution in [3.8, 4) is 0 Å². The Hall–Kier alpha value is -3.20. The minimum Gasteiger partial charge on any atom is -0.454 e. The molecule has 1 aliphatic rings. The number of amidine groups is 1. The summed E-state index contributed by atoms with van der Waals surface area (Å²) in [7, 11) is -3.69. The van der Waals surface area contributed by atoms with Gasteiger partial charge in [-0.05, 0) is 36.6 Å². The normalized spacial score (nSPS) is 16.6. The van der Waals surface area contributed by atoms with Gasteiger partial charge in [0.15, 0.2) is 6.61 Å². The van der Waals surface area contributed by atoms with Gasteiger partial charge in [0.05, 0.1) is 4.90 Å². The van der Waals surface area contributed by atoms with Gasteiger partial charge in [-0.25, -0.2) is 13.2 Å². The molecule has 3 rings (SSSR count). The number of aliphatic imine (C=N–C) groups is 1. The molecule has 2 aromatic rings. The van der Waals surface area contributed by atoms with Gasteiger partial charge in [0.2, 0.25) is 0 Å². The molecular formula is C21H23N3O5S. The van der Waals surface area contributed by atoms with E-state index in [1.165, 1.54) is 13.0 Å². The number of carbonyl (C=O) groups excluding carboxylic acids is 2. The molecule has 1 atom stereocenters. The molecule has 158 valence electrons. The number of para-hydroxylation sites is 1. The number of rotatable bonds is 6. The average Bonchev–Trinajstić information content (AvgIpc) is 2.96. The van der Waals surface area contributed by atoms with E-state index in [-0.39, 0.29) is 16.6 Å². The lowest BCUT2D eigenvalue weighted by Crippen LogP contribution is -2.29. The second kappa shape index (κ2) is 8.66. The van der Waals surface area contributed by atoms with Crippen molar-refractivity contribution in [2.45, 2.75) is 37.6 Å². The Morgan fingerprint density at radius 3 is 2.47 bits per heavy atom. The zero-order chi connectivity index (χ0) is 21.9. The Bertz CT molecular complexity index is 1110. The number of nitrogens with zero attached hydrogens (tertiary/aromatic N) is 1. The van der Waals surface area contributed by atoms with Gasteiger partial charge >= 0.3 is 5.97 Å². The topological polar surface area (TPSA) is 114 Å². The Labute approximate surface area is 175 Å². The number of amides is 1. The zero-order valence-corrected chi connectivity index (χ0v) is 17.7. The summed E-state index contributed by atoms with van der Waals surface area (Å²) >= 11 is 0. The molecule has 9 heteroatoms. The zero-order valence-electron chi connectivity index (χ0n) is 16.9. The van der Waals surface area contributed by atoms with Crippen LogP contribution in [0.25, 0.3) is 0 Å². The highest BCUT2D eigenvalue weighted by Crippen LogP contribution is 2.24. The van der Waals surface area contributed by atoms with E-state index in [4.69, 9.17) is 4.74 Å². The van der Waals surface area contributed by atoms with Crippen LogP contribution in [0.1, 0.15) is 37.8 Å². The Kier molecular flexibility index (Phi) is 6.21. The molecule has 0 unspecified atom stereocenters. The molecule has 1 amide bonds. The fraction of sp³-hybridized carbons (Fsp3) is 0.286. The summed E-state index contributed by atoms with van der Waals surface area (Å²) in [5.74, 6) is -0.912. The molecule has 0 saturated heterocycles. The second-order valence-electron chi connectivity index (χ2n) is 7.15. The summed E-state index contributed by atoms with van der Waals surface area (Å²) in [5, 5.41) is 2.74. The average molecular weight is 429 g/mol. The number of hydrogen-bond donors (Lipinski definition) is 2. The van der Waals surface area contributed by atoms with Gasteiger partial charge in [0, 0.05) is 11.3 Å². The quantitative estimate of drug-likeness (QED) is 0.685. The van der Waals surface area contributed by atoms with Crippen LogP contribution in [0, 0.1) is 0 Å². The maximum absolute atomic E-state index is 12.2. The standard InChI is InChI=1S/C21H23N3O5S/c1-13(2)15-8-4-6-10-17(15)23-19(25)12-29-21(26)14(3)22-20-16-9-5-7-11-18(16)30(27,28)24-20/h4-11,13-14H,12H2,1-3H3,(H,22,24)(H,23,25)/t14-/m1/s1. The summed E-state index contributed by atoms with van der Waals surface area (Å²) in [6.45, 7) is 5.03. The van der Waals surface area contributed by atoms with Crippen LogP contribution in [-0.2, 0) is 24.3 Å². The highest BCUT2D eigenvalue weighted by atomic mass is 32.2. The number of carbonyl (C=O) groups is 2. The summed E-state index contributed by atoms with van der Waals surface area (Å²) in [6.07, 6.45) is 0. The van der Waals surface area contributed by atoms with Gasteiger partial charge < -0.3 is 10.1 Å². The lowest BCUT2D eigenvalue weighted by atomic mass is 10.0. The van der Waals surface area contributed by atoms with Gasteiger partial charge in [-0.15, -0.1) is 0 Å². The molecule has 0 saturated carbocycles. The largest absolute Gasteiger partial charge is 0.454 e. The van der Waals surface area contributed by atoms with E-state index in [1.807, 2.05) is 32.0 Å². The van der Waals surface area contributed by atoms with Gasteiger partial charge in [-0.3, -0.25) is 14.5 Å². The number of nitrogens with one attached hydrogen (secondary N) is 2. The molecule has 8 nitrogen and oxygen atoms in total. The van der Waals surface area contributed by atoms with E-state index in [0.717, 1.165) is 5.56 Å². The number of benzene rings is 2. The first kappa shape index (κ1) is 21.5. The van der Waals surface area contributed by atoms with Crippen molar-refractivity contribution in [3.05, 3.63) is 59.7 Å². The Morgan fingerprint density at radius 2 is 1.73 bits per heavy atom. The summed E-state index contributed by atoms with van der Waals surface area (Å²) < 4.78 is 31.6. The third-order valence-corrected chi connectivity index (χ3v) is 5.93. The first-order chi connectivity index (χ1) is 14.2. The van der Waals surface area contributed by atoms with E-state index in [9.17, 15) is 18.0 Å². The third-order valence-electron chi connectivity index (χ3n) is 4.53. The highest BCUT2D eigenvalue weighted by molar-refractivity contribution is 7.90. The summed E-state index contributed by atoms with van der Waals surface area (Å²) in [5.41, 5.74) is 2.03. The summed E-state index contributed by atoms with van der Waals surface area (Å²) in [6, 6.07) is 12.8. The van der Waals surface area contributed by atoms with E-state index in [2.05, 4.69) is 15.0 Å². The first-order valence-electron chi connectivity index (χ1n) is 9.44. The van der Waals surface area contributed by atoms with Crippen molar-refractivity contribution in [2.75, 3.05) is 11.9 Å². The van der Waals surface area contributed by atoms with Crippen LogP contribution in [0.15, 0.2) is 58.4 Å². The lowest BCUT2D eigenvalue weighted by molar-refractivity contribution is -0.148. The van der Waals surface area contributed by atoms with E-state index in [1.54, 1.807) is 24.3 Å². The minimum atomic E-state index is -3.69. The molecule has 0 fully saturated rings. The van der Waals surface area contributed by atoms with Crippen LogP contribution < -0.4 is 10.0 Å². The van der Waals surface area contributed by atoms with Crippen LogP contribution in [0.4, 0.5) is 5.69 Å². The minimum absolute atomic E-state index is 0.0744. The van der Waals surface area contributed by atoms with Gasteiger partial charge in [-0.1, -0.05) is 44.2 Å². The SMILES string of the molecule is CC(C)c1ccccc1NC(=O)COC(=O)[C@@H](C)N=C1NS(=O)(=O)c2ccccc21. The van der Waals surface area contributed by atoms with Crippen LogP contribution in [0.3, 0.4) is 0 Å². The van der Waals surface area contributed by atoms with Gasteiger partial charge in [-0.2, -0.15) is 0 Å². The lowest BCUT2D eigenvalue weighted by Gasteiger charge is -2.14. The molecule has 0 aliphatic carbocycles. The molecule has 0 aromatic heterocycles. The predicted molar refractivity (Wildman–Crippen MR) is 113 cm³/mol. The molecule has 2 N–H and O–H groups in total. The molecule has 30 heavy (non-hydrogen) atoms. The number of ether oxygens (including phenoxy) is 1. The van der Waals surface area contributed by atoms with Gasteiger partial charge in [0.25, 0.3) is 15.9 Å². The number of hydrogen-bond acceptors (Lipinski definition) is 6. The van der Waals surface area contributed by atoms with Crippen LogP contribution in [0.5, 0.6) is 0 Å². The van der Waals surface area contributed by atoms with Crippen LogP contribution >= 0.6 is 0 Å². The van der Waals surface area contributed by atoms with Crippen molar-refractivity contribution in [1.82, 2.24) is 4.72 Å². The Balaban J connectivity index is 1.62. The molecule has 2 aromatic carbocycles.